The van der Waals surface area contributed by atoms with Crippen LogP contribution in [0.1, 0.15) is 5.69 Å². The van der Waals surface area contributed by atoms with Crippen molar-refractivity contribution in [2.24, 2.45) is 0 Å². The van der Waals surface area contributed by atoms with Gasteiger partial charge in [-0.1, -0.05) is 11.6 Å². The normalized spacial score (nSPS) is 10.9. The molecule has 0 aliphatic carbocycles. The number of anilines is 4. The molecule has 2 aromatic heterocycles. The van der Waals surface area contributed by atoms with Crippen LogP contribution >= 0.6 is 11.6 Å². The summed E-state index contributed by atoms with van der Waals surface area (Å²) in [6, 6.07) is 13.8. The number of benzene rings is 2. The van der Waals surface area contributed by atoms with Gasteiger partial charge in [-0.3, -0.25) is 0 Å². The third-order valence-electron chi connectivity index (χ3n) is 4.02. The second-order valence-corrected chi connectivity index (χ2v) is 6.75. The zero-order valence-corrected chi connectivity index (χ0v) is 15.7. The van der Waals surface area contributed by atoms with Crippen molar-refractivity contribution in [3.63, 3.8) is 0 Å². The van der Waals surface area contributed by atoms with E-state index in [4.69, 9.17) is 16.0 Å². The minimum Gasteiger partial charge on any atom is -0.432 e. The lowest BCUT2D eigenvalue weighted by Crippen LogP contribution is -2.09. The first-order valence-electron chi connectivity index (χ1n) is 8.45. The number of nitrogens with zero attached hydrogens (tertiary/aromatic N) is 3. The largest absolute Gasteiger partial charge is 0.432 e. The molecular formula is C19H19ClN6O. The van der Waals surface area contributed by atoms with Crippen molar-refractivity contribution in [3.05, 3.63) is 59.4 Å². The van der Waals surface area contributed by atoms with Crippen molar-refractivity contribution in [1.82, 2.24) is 15.0 Å². The average molecular weight is 383 g/mol. The van der Waals surface area contributed by atoms with E-state index in [1.807, 2.05) is 61.5 Å². The molecule has 0 radical (unpaired) electrons. The molecule has 27 heavy (non-hydrogen) atoms. The number of aromatic amines is 1. The molecule has 2 aromatic carbocycles. The number of halogens is 1. The molecule has 0 bridgehead atoms. The second kappa shape index (κ2) is 7.20. The number of hydrogen-bond acceptors (Lipinski definition) is 6. The van der Waals surface area contributed by atoms with Crippen molar-refractivity contribution >= 4 is 46.0 Å². The van der Waals surface area contributed by atoms with Gasteiger partial charge in [-0.2, -0.15) is 4.98 Å². The van der Waals surface area contributed by atoms with Crippen molar-refractivity contribution in [3.8, 4) is 0 Å². The van der Waals surface area contributed by atoms with Crippen LogP contribution in [-0.4, -0.2) is 29.0 Å². The topological polar surface area (TPSA) is 82.0 Å². The van der Waals surface area contributed by atoms with E-state index in [1.54, 1.807) is 6.26 Å². The molecule has 8 heteroatoms. The Kier molecular flexibility index (Phi) is 4.60. The van der Waals surface area contributed by atoms with Crippen LogP contribution in [-0.2, 0) is 6.54 Å². The highest BCUT2D eigenvalue weighted by atomic mass is 35.5. The number of oxazole rings is 1. The first kappa shape index (κ1) is 17.2. The lowest BCUT2D eigenvalue weighted by Gasteiger charge is -2.05. The highest BCUT2D eigenvalue weighted by molar-refractivity contribution is 6.30. The smallest absolute Gasteiger partial charge is 0.299 e. The van der Waals surface area contributed by atoms with E-state index in [-0.39, 0.29) is 0 Å². The predicted molar refractivity (Wildman–Crippen MR) is 109 cm³/mol. The summed E-state index contributed by atoms with van der Waals surface area (Å²) in [5.74, 6) is 0.830. The predicted octanol–water partition coefficient (Wildman–Crippen LogP) is 4.63. The van der Waals surface area contributed by atoms with E-state index < -0.39 is 0 Å². The van der Waals surface area contributed by atoms with Gasteiger partial charge in [0, 0.05) is 30.5 Å². The van der Waals surface area contributed by atoms with Crippen LogP contribution in [0.2, 0.25) is 5.02 Å². The number of imidazole rings is 1. The average Bonchev–Trinajstić information content (AvgIpc) is 3.28. The Morgan fingerprint density at radius 1 is 1.07 bits per heavy atom. The van der Waals surface area contributed by atoms with Gasteiger partial charge in [0.1, 0.15) is 12.0 Å². The van der Waals surface area contributed by atoms with E-state index >= 15 is 0 Å². The monoisotopic (exact) mass is 382 g/mol. The summed E-state index contributed by atoms with van der Waals surface area (Å²) in [4.78, 5) is 14.2. The first-order valence-corrected chi connectivity index (χ1v) is 8.82. The molecule has 0 fully saturated rings. The van der Waals surface area contributed by atoms with Gasteiger partial charge in [0.25, 0.3) is 6.01 Å². The Hall–Kier alpha value is -3.19. The molecule has 0 unspecified atom stereocenters. The maximum atomic E-state index is 5.89. The molecule has 0 amide bonds. The highest BCUT2D eigenvalue weighted by Gasteiger charge is 2.07. The third-order valence-corrected chi connectivity index (χ3v) is 4.27. The van der Waals surface area contributed by atoms with Gasteiger partial charge in [-0.15, -0.1) is 0 Å². The van der Waals surface area contributed by atoms with E-state index in [2.05, 4.69) is 25.6 Å². The molecule has 2 heterocycles. The zero-order valence-electron chi connectivity index (χ0n) is 15.0. The zero-order chi connectivity index (χ0) is 18.8. The number of hydrogen-bond donors (Lipinski definition) is 3. The Balaban J connectivity index is 1.40. The van der Waals surface area contributed by atoms with E-state index in [9.17, 15) is 0 Å². The molecule has 0 aliphatic rings. The van der Waals surface area contributed by atoms with Gasteiger partial charge < -0.3 is 24.9 Å². The number of fused-ring (bicyclic) bond motifs is 1. The first-order chi connectivity index (χ1) is 13.1. The quantitative estimate of drug-likeness (QED) is 0.451. The maximum Gasteiger partial charge on any atom is 0.299 e. The summed E-state index contributed by atoms with van der Waals surface area (Å²) < 4.78 is 5.47. The Morgan fingerprint density at radius 2 is 1.85 bits per heavy atom. The van der Waals surface area contributed by atoms with Crippen LogP contribution in [0.5, 0.6) is 0 Å². The molecule has 0 saturated heterocycles. The molecule has 4 rings (SSSR count). The minimum atomic E-state index is 0.438. The molecule has 4 aromatic rings. The fraction of sp³-hybridized carbons (Fsp3) is 0.158. The van der Waals surface area contributed by atoms with Gasteiger partial charge in [0.15, 0.2) is 0 Å². The molecule has 138 valence electrons. The van der Waals surface area contributed by atoms with Crippen LogP contribution in [0.3, 0.4) is 0 Å². The third kappa shape index (κ3) is 3.98. The van der Waals surface area contributed by atoms with Gasteiger partial charge in [0.05, 0.1) is 17.6 Å². The van der Waals surface area contributed by atoms with Crippen molar-refractivity contribution in [2.45, 2.75) is 6.54 Å². The number of H-pyrrole nitrogens is 1. The van der Waals surface area contributed by atoms with Gasteiger partial charge in [-0.25, -0.2) is 4.98 Å². The van der Waals surface area contributed by atoms with Crippen molar-refractivity contribution in [2.75, 3.05) is 29.6 Å². The van der Waals surface area contributed by atoms with Crippen molar-refractivity contribution < 1.29 is 4.42 Å². The molecule has 0 aliphatic heterocycles. The van der Waals surface area contributed by atoms with E-state index in [1.165, 1.54) is 0 Å². The maximum absolute atomic E-state index is 5.89. The van der Waals surface area contributed by atoms with Gasteiger partial charge in [-0.05, 0) is 42.5 Å². The van der Waals surface area contributed by atoms with Crippen LogP contribution in [0.4, 0.5) is 23.3 Å². The second-order valence-electron chi connectivity index (χ2n) is 6.32. The number of nitrogens with one attached hydrogen (secondary N) is 3. The molecule has 0 spiro atoms. The summed E-state index contributed by atoms with van der Waals surface area (Å²) in [5.41, 5.74) is 4.53. The molecule has 7 nitrogen and oxygen atoms in total. The molecular weight excluding hydrogens is 364 g/mol. The lowest BCUT2D eigenvalue weighted by molar-refractivity contribution is 0.576. The van der Waals surface area contributed by atoms with Crippen molar-refractivity contribution in [1.29, 1.82) is 0 Å². The summed E-state index contributed by atoms with van der Waals surface area (Å²) in [7, 11) is 3.91. The van der Waals surface area contributed by atoms with Crippen LogP contribution < -0.4 is 15.5 Å². The summed E-state index contributed by atoms with van der Waals surface area (Å²) in [6.07, 6.45) is 1.63. The molecule has 0 atom stereocenters. The van der Waals surface area contributed by atoms with Gasteiger partial charge in [0.2, 0.25) is 5.95 Å². The van der Waals surface area contributed by atoms with E-state index in [0.29, 0.717) is 17.6 Å². The highest BCUT2D eigenvalue weighted by Crippen LogP contribution is 2.22. The SMILES string of the molecule is CN(C)c1nc2cc(NCc3coc(Nc4ccc(Cl)cc4)n3)ccc2[nH]1. The molecule has 0 saturated carbocycles. The minimum absolute atomic E-state index is 0.438. The Bertz CT molecular complexity index is 1050. The standard InChI is InChI=1S/C19H19ClN6O/c1-26(2)18-24-16-8-7-14(9-17(16)25-18)21-10-15-11-27-19(23-15)22-13-5-3-12(20)4-6-13/h3-9,11,21H,10H2,1-2H3,(H,22,23)(H,24,25). The Morgan fingerprint density at radius 3 is 2.63 bits per heavy atom. The van der Waals surface area contributed by atoms with E-state index in [0.717, 1.165) is 34.1 Å². The summed E-state index contributed by atoms with van der Waals surface area (Å²) in [6.45, 7) is 0.544. The van der Waals surface area contributed by atoms with Crippen LogP contribution in [0.15, 0.2) is 53.1 Å². The van der Waals surface area contributed by atoms with Crippen LogP contribution in [0, 0.1) is 0 Å². The summed E-state index contributed by atoms with van der Waals surface area (Å²) in [5, 5.41) is 7.13. The number of aromatic nitrogens is 3. The molecule has 3 N–H and O–H groups in total. The summed E-state index contributed by atoms with van der Waals surface area (Å²) >= 11 is 5.89. The number of rotatable bonds is 6. The fourth-order valence-corrected chi connectivity index (χ4v) is 2.73. The lowest BCUT2D eigenvalue weighted by atomic mass is 10.2. The fourth-order valence-electron chi connectivity index (χ4n) is 2.61. The van der Waals surface area contributed by atoms with Gasteiger partial charge >= 0.3 is 0 Å². The Labute approximate surface area is 161 Å². The van der Waals surface area contributed by atoms with Crippen LogP contribution in [0.25, 0.3) is 11.0 Å².